The van der Waals surface area contributed by atoms with E-state index < -0.39 is 0 Å². The van der Waals surface area contributed by atoms with Gasteiger partial charge in [-0.3, -0.25) is 14.2 Å². The largest absolute Gasteiger partial charge is 0.351 e. The van der Waals surface area contributed by atoms with Crippen molar-refractivity contribution < 1.29 is 9.59 Å². The molecule has 31 heavy (non-hydrogen) atoms. The normalized spacial score (nSPS) is 11.2. The zero-order chi connectivity index (χ0) is 22.4. The lowest BCUT2D eigenvalue weighted by molar-refractivity contribution is -0.119. The van der Waals surface area contributed by atoms with Gasteiger partial charge in [-0.2, -0.15) is 0 Å². The smallest absolute Gasteiger partial charge is 0.251 e. The highest BCUT2D eigenvalue weighted by molar-refractivity contribution is 7.99. The van der Waals surface area contributed by atoms with Crippen molar-refractivity contribution in [3.05, 3.63) is 77.6 Å². The summed E-state index contributed by atoms with van der Waals surface area (Å²) < 4.78 is 1.91. The third-order valence-electron chi connectivity index (χ3n) is 4.43. The summed E-state index contributed by atoms with van der Waals surface area (Å²) >= 11 is 1.38. The number of rotatable bonds is 7. The number of hydrogen-bond donors (Lipinski definition) is 2. The maximum atomic E-state index is 12.5. The third kappa shape index (κ3) is 6.72. The van der Waals surface area contributed by atoms with Crippen molar-refractivity contribution >= 4 is 23.6 Å². The first kappa shape index (κ1) is 22.6. The molecule has 0 aliphatic carbocycles. The van der Waals surface area contributed by atoms with Gasteiger partial charge in [0.2, 0.25) is 5.91 Å². The van der Waals surface area contributed by atoms with Crippen molar-refractivity contribution in [3.8, 4) is 5.69 Å². The van der Waals surface area contributed by atoms with E-state index in [-0.39, 0.29) is 23.1 Å². The van der Waals surface area contributed by atoms with Crippen molar-refractivity contribution in [1.82, 2.24) is 20.2 Å². The van der Waals surface area contributed by atoms with Crippen LogP contribution >= 0.6 is 11.8 Å². The number of imidazole rings is 1. The lowest BCUT2D eigenvalue weighted by atomic mass is 10.1. The maximum absolute atomic E-state index is 12.5. The minimum atomic E-state index is -0.261. The first-order valence-electron chi connectivity index (χ1n) is 10.1. The highest BCUT2D eigenvalue weighted by Gasteiger charge is 2.15. The molecule has 0 spiro atoms. The summed E-state index contributed by atoms with van der Waals surface area (Å²) in [5, 5.41) is 6.61. The first-order valence-corrected chi connectivity index (χ1v) is 11.1. The molecular formula is C24H28N4O2S. The van der Waals surface area contributed by atoms with Gasteiger partial charge in [0.1, 0.15) is 0 Å². The zero-order valence-electron chi connectivity index (χ0n) is 18.3. The van der Waals surface area contributed by atoms with E-state index in [1.807, 2.05) is 74.9 Å². The second kappa shape index (κ2) is 9.83. The van der Waals surface area contributed by atoms with Gasteiger partial charge in [-0.15, -0.1) is 0 Å². The molecule has 2 N–H and O–H groups in total. The van der Waals surface area contributed by atoms with Gasteiger partial charge in [0.05, 0.1) is 5.75 Å². The monoisotopic (exact) mass is 436 g/mol. The predicted octanol–water partition coefficient (Wildman–Crippen LogP) is 4.12. The molecule has 0 saturated heterocycles. The van der Waals surface area contributed by atoms with Crippen LogP contribution in [0.25, 0.3) is 5.69 Å². The molecule has 3 rings (SSSR count). The molecule has 6 nitrogen and oxygen atoms in total. The SMILES string of the molecule is Cc1ccc(CNC(=O)c2ccc(-n3ccnc3SCC(=O)NC(C)(C)C)cc2)cc1. The lowest BCUT2D eigenvalue weighted by Gasteiger charge is -2.20. The van der Waals surface area contributed by atoms with Gasteiger partial charge in [0.25, 0.3) is 5.91 Å². The number of thioether (sulfide) groups is 1. The molecule has 0 radical (unpaired) electrons. The van der Waals surface area contributed by atoms with E-state index in [1.165, 1.54) is 17.3 Å². The molecule has 0 fully saturated rings. The summed E-state index contributed by atoms with van der Waals surface area (Å²) in [5.74, 6) is 0.132. The Morgan fingerprint density at radius 3 is 2.35 bits per heavy atom. The molecule has 162 valence electrons. The van der Waals surface area contributed by atoms with Crippen LogP contribution < -0.4 is 10.6 Å². The summed E-state index contributed by atoms with van der Waals surface area (Å²) in [7, 11) is 0. The number of aryl methyl sites for hydroxylation is 1. The van der Waals surface area contributed by atoms with Crippen molar-refractivity contribution in [3.63, 3.8) is 0 Å². The molecular weight excluding hydrogens is 408 g/mol. The first-order chi connectivity index (χ1) is 14.7. The Bertz CT molecular complexity index is 1030. The van der Waals surface area contributed by atoms with Crippen LogP contribution in [0.4, 0.5) is 0 Å². The molecule has 2 aromatic carbocycles. The highest BCUT2D eigenvalue weighted by atomic mass is 32.2. The summed E-state index contributed by atoms with van der Waals surface area (Å²) in [4.78, 5) is 28.9. The van der Waals surface area contributed by atoms with Crippen molar-refractivity contribution in [2.75, 3.05) is 5.75 Å². The Morgan fingerprint density at radius 2 is 1.71 bits per heavy atom. The standard InChI is InChI=1S/C24H28N4O2S/c1-17-5-7-18(8-6-17)15-26-22(30)19-9-11-20(12-10-19)28-14-13-25-23(28)31-16-21(29)27-24(2,3)4/h5-14H,15-16H2,1-4H3,(H,26,30)(H,27,29). The molecule has 0 bridgehead atoms. The second-order valence-corrected chi connectivity index (χ2v) is 9.32. The van der Waals surface area contributed by atoms with Gasteiger partial charge in [0.15, 0.2) is 5.16 Å². The van der Waals surface area contributed by atoms with Crippen LogP contribution in [0.15, 0.2) is 66.1 Å². The predicted molar refractivity (Wildman–Crippen MR) is 125 cm³/mol. The Balaban J connectivity index is 1.60. The fourth-order valence-corrected chi connectivity index (χ4v) is 3.71. The molecule has 1 aromatic heterocycles. The van der Waals surface area contributed by atoms with Gasteiger partial charge in [0, 0.05) is 35.7 Å². The van der Waals surface area contributed by atoms with Crippen LogP contribution in [0.1, 0.15) is 42.3 Å². The fraction of sp³-hybridized carbons (Fsp3) is 0.292. The van der Waals surface area contributed by atoms with Crippen LogP contribution in [-0.4, -0.2) is 32.7 Å². The van der Waals surface area contributed by atoms with Crippen LogP contribution in [0, 0.1) is 6.92 Å². The van der Waals surface area contributed by atoms with Crippen LogP contribution in [-0.2, 0) is 11.3 Å². The number of amides is 2. The average Bonchev–Trinajstić information content (AvgIpc) is 3.19. The second-order valence-electron chi connectivity index (χ2n) is 8.38. The number of nitrogens with zero attached hydrogens (tertiary/aromatic N) is 2. The van der Waals surface area contributed by atoms with Crippen molar-refractivity contribution in [1.29, 1.82) is 0 Å². The number of aromatic nitrogens is 2. The van der Waals surface area contributed by atoms with E-state index in [4.69, 9.17) is 0 Å². The van der Waals surface area contributed by atoms with E-state index in [0.29, 0.717) is 12.1 Å². The molecule has 0 atom stereocenters. The van der Waals surface area contributed by atoms with Gasteiger partial charge in [-0.05, 0) is 57.5 Å². The summed E-state index contributed by atoms with van der Waals surface area (Å²) in [5.41, 5.74) is 3.47. The minimum absolute atomic E-state index is 0.0346. The number of carbonyl (C=O) groups excluding carboxylic acids is 2. The molecule has 0 unspecified atom stereocenters. The van der Waals surface area contributed by atoms with E-state index >= 15 is 0 Å². The Hall–Kier alpha value is -3.06. The van der Waals surface area contributed by atoms with Crippen molar-refractivity contribution in [2.45, 2.75) is 44.9 Å². The third-order valence-corrected chi connectivity index (χ3v) is 5.40. The van der Waals surface area contributed by atoms with Crippen LogP contribution in [0.5, 0.6) is 0 Å². The fourth-order valence-electron chi connectivity index (χ4n) is 2.94. The zero-order valence-corrected chi connectivity index (χ0v) is 19.1. The minimum Gasteiger partial charge on any atom is -0.351 e. The summed E-state index contributed by atoms with van der Waals surface area (Å²) in [6, 6.07) is 15.4. The molecule has 2 amide bonds. The van der Waals surface area contributed by atoms with Crippen LogP contribution in [0.2, 0.25) is 0 Å². The molecule has 1 heterocycles. The van der Waals surface area contributed by atoms with Crippen LogP contribution in [0.3, 0.4) is 0 Å². The number of carbonyl (C=O) groups is 2. The molecule has 0 aliphatic rings. The van der Waals surface area contributed by atoms with Crippen molar-refractivity contribution in [2.24, 2.45) is 0 Å². The number of hydrogen-bond acceptors (Lipinski definition) is 4. The van der Waals surface area contributed by atoms with Gasteiger partial charge >= 0.3 is 0 Å². The molecule has 7 heteroatoms. The highest BCUT2D eigenvalue weighted by Crippen LogP contribution is 2.21. The topological polar surface area (TPSA) is 76.0 Å². The number of nitrogens with one attached hydrogen (secondary N) is 2. The molecule has 0 saturated carbocycles. The molecule has 0 aliphatic heterocycles. The summed E-state index contributed by atoms with van der Waals surface area (Å²) in [6.45, 7) is 8.38. The van der Waals surface area contributed by atoms with Gasteiger partial charge < -0.3 is 10.6 Å². The Morgan fingerprint density at radius 1 is 1.03 bits per heavy atom. The van der Waals surface area contributed by atoms with E-state index in [1.54, 1.807) is 18.3 Å². The van der Waals surface area contributed by atoms with E-state index in [2.05, 4.69) is 15.6 Å². The van der Waals surface area contributed by atoms with E-state index in [9.17, 15) is 9.59 Å². The quantitative estimate of drug-likeness (QED) is 0.547. The lowest BCUT2D eigenvalue weighted by Crippen LogP contribution is -2.41. The Labute approximate surface area is 187 Å². The van der Waals surface area contributed by atoms with Gasteiger partial charge in [-0.25, -0.2) is 4.98 Å². The molecule has 3 aromatic rings. The number of benzene rings is 2. The Kier molecular flexibility index (Phi) is 7.17. The van der Waals surface area contributed by atoms with E-state index in [0.717, 1.165) is 16.4 Å². The summed E-state index contributed by atoms with van der Waals surface area (Å²) in [6.07, 6.45) is 3.54. The van der Waals surface area contributed by atoms with Gasteiger partial charge in [-0.1, -0.05) is 41.6 Å². The maximum Gasteiger partial charge on any atom is 0.251 e. The average molecular weight is 437 g/mol.